The molecule has 0 atom stereocenters. The maximum atomic E-state index is 13.5. The summed E-state index contributed by atoms with van der Waals surface area (Å²) in [6.07, 6.45) is 3.18. The fraction of sp³-hybridized carbons (Fsp3) is 0.304. The molecule has 0 unspecified atom stereocenters. The number of carbonyl (C=O) groups is 2. The highest BCUT2D eigenvalue weighted by Crippen LogP contribution is 2.39. The van der Waals surface area contributed by atoms with E-state index in [0.29, 0.717) is 24.3 Å². The molecule has 0 heterocycles. The Labute approximate surface area is 191 Å². The molecule has 0 amide bonds. The van der Waals surface area contributed by atoms with Crippen LogP contribution in [0.4, 0.5) is 4.39 Å². The van der Waals surface area contributed by atoms with Gasteiger partial charge in [-0.25, -0.2) is 22.4 Å². The van der Waals surface area contributed by atoms with Crippen LogP contribution < -0.4 is 4.74 Å². The molecular weight excluding hydrogens is 453 g/mol. The Hall–Kier alpha value is -3.40. The summed E-state index contributed by atoms with van der Waals surface area (Å²) in [6.45, 7) is 1.70. The molecule has 0 saturated heterocycles. The molecule has 1 aliphatic rings. The zero-order chi connectivity index (χ0) is 24.1. The number of benzene rings is 2. The molecule has 0 radical (unpaired) electrons. The van der Waals surface area contributed by atoms with Gasteiger partial charge in [-0.15, -0.1) is 0 Å². The second-order valence-corrected chi connectivity index (χ2v) is 9.25. The van der Waals surface area contributed by atoms with Crippen LogP contribution in [0.15, 0.2) is 65.7 Å². The molecule has 2 aromatic rings. The second-order valence-electron chi connectivity index (χ2n) is 7.44. The minimum absolute atomic E-state index is 0.0928. The second kappa shape index (κ2) is 10.0. The molecule has 2 aromatic carbocycles. The quantitative estimate of drug-likeness (QED) is 0.428. The minimum atomic E-state index is -4.34. The van der Waals surface area contributed by atoms with Gasteiger partial charge in [-0.2, -0.15) is 0 Å². The van der Waals surface area contributed by atoms with E-state index in [1.54, 1.807) is 6.92 Å². The summed E-state index contributed by atoms with van der Waals surface area (Å²) < 4.78 is 51.2. The summed E-state index contributed by atoms with van der Waals surface area (Å²) in [4.78, 5) is 23.8. The molecule has 0 aromatic heterocycles. The van der Waals surface area contributed by atoms with Crippen LogP contribution >= 0.6 is 0 Å². The zero-order valence-corrected chi connectivity index (χ0v) is 18.8. The van der Waals surface area contributed by atoms with Gasteiger partial charge in [-0.1, -0.05) is 12.8 Å². The lowest BCUT2D eigenvalue weighted by Crippen LogP contribution is -2.52. The Morgan fingerprint density at radius 3 is 2.12 bits per heavy atom. The van der Waals surface area contributed by atoms with Gasteiger partial charge in [0.2, 0.25) is 0 Å². The van der Waals surface area contributed by atoms with Crippen molar-refractivity contribution < 1.29 is 37.0 Å². The third-order valence-electron chi connectivity index (χ3n) is 5.31. The van der Waals surface area contributed by atoms with E-state index in [1.807, 2.05) is 0 Å². The Bertz CT molecular complexity index is 1120. The van der Waals surface area contributed by atoms with Crippen LogP contribution in [0.25, 0.3) is 0 Å². The molecule has 3 rings (SSSR count). The Kier molecular flexibility index (Phi) is 7.37. The lowest BCUT2D eigenvalue weighted by Gasteiger charge is -2.36. The van der Waals surface area contributed by atoms with Crippen molar-refractivity contribution in [2.75, 3.05) is 6.61 Å². The fourth-order valence-corrected chi connectivity index (χ4v) is 5.34. The van der Waals surface area contributed by atoms with Crippen molar-refractivity contribution in [1.29, 1.82) is 0 Å². The third kappa shape index (κ3) is 5.33. The average molecular weight is 478 g/mol. The highest BCUT2D eigenvalue weighted by Gasteiger charge is 2.50. The Morgan fingerprint density at radius 2 is 1.61 bits per heavy atom. The number of carboxylic acids is 1. The summed E-state index contributed by atoms with van der Waals surface area (Å²) in [5.41, 5.74) is -1.70. The maximum Gasteiger partial charge on any atom is 0.332 e. The van der Waals surface area contributed by atoms with E-state index >= 15 is 0 Å². The number of sulfonamides is 1. The van der Waals surface area contributed by atoms with Crippen LogP contribution in [0.5, 0.6) is 11.5 Å². The van der Waals surface area contributed by atoms with Gasteiger partial charge in [-0.3, -0.25) is 4.31 Å². The molecule has 0 bridgehead atoms. The number of carboxylic acid groups (broad SMARTS) is 1. The van der Waals surface area contributed by atoms with Crippen molar-refractivity contribution >= 4 is 22.0 Å². The van der Waals surface area contributed by atoms with E-state index in [4.69, 9.17) is 9.47 Å². The van der Waals surface area contributed by atoms with E-state index in [2.05, 4.69) is 0 Å². The smallest absolute Gasteiger partial charge is 0.332 e. The first-order chi connectivity index (χ1) is 15.7. The number of halogens is 1. The molecule has 1 N–H and O–H groups in total. The molecule has 0 aliphatic heterocycles. The summed E-state index contributed by atoms with van der Waals surface area (Å²) >= 11 is 0. The van der Waals surface area contributed by atoms with E-state index in [1.165, 1.54) is 48.5 Å². The number of nitrogens with zero attached hydrogens (tertiary/aromatic N) is 1. The van der Waals surface area contributed by atoms with Crippen molar-refractivity contribution in [1.82, 2.24) is 4.31 Å². The zero-order valence-electron chi connectivity index (χ0n) is 17.9. The first-order valence-electron chi connectivity index (χ1n) is 10.4. The van der Waals surface area contributed by atoms with E-state index in [9.17, 15) is 27.5 Å². The summed E-state index contributed by atoms with van der Waals surface area (Å²) in [6, 6.07) is 10.7. The van der Waals surface area contributed by atoms with Crippen LogP contribution in [-0.4, -0.2) is 41.9 Å². The molecule has 8 nitrogen and oxygen atoms in total. The van der Waals surface area contributed by atoms with E-state index in [0.717, 1.165) is 16.6 Å². The van der Waals surface area contributed by atoms with E-state index in [-0.39, 0.29) is 24.3 Å². The van der Waals surface area contributed by atoms with Gasteiger partial charge in [0.1, 0.15) is 17.3 Å². The van der Waals surface area contributed by atoms with Crippen LogP contribution in [-0.2, 0) is 24.3 Å². The minimum Gasteiger partial charge on any atom is -0.479 e. The first-order valence-corrected chi connectivity index (χ1v) is 11.8. The number of esters is 1. The van der Waals surface area contributed by atoms with Crippen molar-refractivity contribution in [2.24, 2.45) is 0 Å². The lowest BCUT2D eigenvalue weighted by atomic mass is 9.98. The molecule has 0 spiro atoms. The topological polar surface area (TPSA) is 110 Å². The summed E-state index contributed by atoms with van der Waals surface area (Å²) in [5, 5.41) is 9.94. The predicted octanol–water partition coefficient (Wildman–Crippen LogP) is 4.08. The van der Waals surface area contributed by atoms with Gasteiger partial charge in [0, 0.05) is 12.3 Å². The summed E-state index contributed by atoms with van der Waals surface area (Å²) in [5.74, 6) is -1.81. The first kappa shape index (κ1) is 24.2. The van der Waals surface area contributed by atoms with Crippen molar-refractivity contribution in [2.45, 2.75) is 43.0 Å². The van der Waals surface area contributed by atoms with Crippen molar-refractivity contribution in [3.8, 4) is 11.5 Å². The Morgan fingerprint density at radius 1 is 1.06 bits per heavy atom. The summed E-state index contributed by atoms with van der Waals surface area (Å²) in [7, 11) is -4.34. The molecule has 10 heteroatoms. The largest absolute Gasteiger partial charge is 0.479 e. The van der Waals surface area contributed by atoms with Gasteiger partial charge in [0.15, 0.2) is 5.54 Å². The van der Waals surface area contributed by atoms with Gasteiger partial charge in [0.25, 0.3) is 10.0 Å². The maximum absolute atomic E-state index is 13.5. The van der Waals surface area contributed by atoms with Crippen molar-refractivity contribution in [3.63, 3.8) is 0 Å². The SMILES string of the molecule is CCOC(=O)C=CN(C1(C(=O)O)CCCC1)S(=O)(=O)c1ccc(Oc2ccc(F)cc2)cc1. The molecule has 1 saturated carbocycles. The molecular formula is C23H24FNO7S. The molecule has 1 aliphatic carbocycles. The predicted molar refractivity (Wildman–Crippen MR) is 117 cm³/mol. The number of ether oxygens (including phenoxy) is 2. The van der Waals surface area contributed by atoms with Gasteiger partial charge >= 0.3 is 11.9 Å². The number of carbonyl (C=O) groups excluding carboxylic acids is 1. The number of rotatable bonds is 9. The Balaban J connectivity index is 1.94. The fourth-order valence-electron chi connectivity index (χ4n) is 3.69. The molecule has 176 valence electrons. The lowest BCUT2D eigenvalue weighted by molar-refractivity contribution is -0.147. The van der Waals surface area contributed by atoms with Crippen LogP contribution in [0.1, 0.15) is 32.6 Å². The van der Waals surface area contributed by atoms with Gasteiger partial charge < -0.3 is 14.6 Å². The average Bonchev–Trinajstić information content (AvgIpc) is 3.27. The number of aliphatic carboxylic acids is 1. The molecule has 33 heavy (non-hydrogen) atoms. The van der Waals surface area contributed by atoms with Crippen LogP contribution in [0.2, 0.25) is 0 Å². The standard InChI is InChI=1S/C23H24FNO7S/c1-2-31-21(26)13-16-25(23(22(27)28)14-3-4-15-23)33(29,30)20-11-9-19(10-12-20)32-18-7-5-17(24)6-8-18/h5-13,16H,2-4,14-15H2,1H3,(H,27,28). The van der Waals surface area contributed by atoms with Crippen LogP contribution in [0.3, 0.4) is 0 Å². The normalized spacial score (nSPS) is 15.3. The third-order valence-corrected chi connectivity index (χ3v) is 7.17. The monoisotopic (exact) mass is 477 g/mol. The number of hydrogen-bond acceptors (Lipinski definition) is 6. The van der Waals surface area contributed by atoms with Crippen LogP contribution in [0, 0.1) is 5.82 Å². The van der Waals surface area contributed by atoms with Gasteiger partial charge in [-0.05, 0) is 68.3 Å². The van der Waals surface area contributed by atoms with E-state index < -0.39 is 33.3 Å². The number of hydrogen-bond donors (Lipinski definition) is 1. The van der Waals surface area contributed by atoms with Crippen molar-refractivity contribution in [3.05, 3.63) is 66.6 Å². The highest BCUT2D eigenvalue weighted by molar-refractivity contribution is 7.89. The van der Waals surface area contributed by atoms with Gasteiger partial charge in [0.05, 0.1) is 11.5 Å². The molecule has 1 fully saturated rings. The highest BCUT2D eigenvalue weighted by atomic mass is 32.2.